The molecule has 2 aromatic rings. The van der Waals surface area contributed by atoms with Crippen molar-refractivity contribution in [1.82, 2.24) is 20.5 Å². The molecule has 2 aromatic heterocycles. The number of halogens is 1. The Balaban J connectivity index is 0.00000261. The van der Waals surface area contributed by atoms with Crippen molar-refractivity contribution in [2.75, 3.05) is 39.0 Å². The molecule has 0 aromatic carbocycles. The van der Waals surface area contributed by atoms with Crippen molar-refractivity contribution >= 4 is 53.0 Å². The van der Waals surface area contributed by atoms with E-state index in [0.29, 0.717) is 0 Å². The second kappa shape index (κ2) is 12.6. The number of thiazole rings is 1. The molecular formula is C18H28IN5OS2. The molecule has 150 valence electrons. The van der Waals surface area contributed by atoms with Gasteiger partial charge >= 0.3 is 0 Å². The number of rotatable bonds is 9. The number of hydrogen-bond donors (Lipinski definition) is 2. The maximum Gasteiger partial charge on any atom is 0.191 e. The van der Waals surface area contributed by atoms with Gasteiger partial charge in [0.2, 0.25) is 0 Å². The molecule has 0 aliphatic carbocycles. The summed E-state index contributed by atoms with van der Waals surface area (Å²) in [6.45, 7) is 3.95. The molecular weight excluding hydrogens is 493 g/mol. The molecule has 6 nitrogen and oxygen atoms in total. The van der Waals surface area contributed by atoms with Gasteiger partial charge in [0.05, 0.1) is 12.3 Å². The lowest BCUT2D eigenvalue weighted by Gasteiger charge is -2.26. The Bertz CT molecular complexity index is 645. The Morgan fingerprint density at radius 2 is 2.26 bits per heavy atom. The molecule has 0 spiro atoms. The molecule has 1 fully saturated rings. The highest BCUT2D eigenvalue weighted by atomic mass is 127. The SMILES string of the molecule is CN=C(NCCCSc1nccs1)NCC(c1ccco1)N1CCCC1.I. The van der Waals surface area contributed by atoms with E-state index < -0.39 is 0 Å². The van der Waals surface area contributed by atoms with Gasteiger partial charge in [0, 0.05) is 37.5 Å². The second-order valence-corrected chi connectivity index (χ2v) is 8.39. The lowest BCUT2D eigenvalue weighted by atomic mass is 10.2. The van der Waals surface area contributed by atoms with E-state index >= 15 is 0 Å². The predicted octanol–water partition coefficient (Wildman–Crippen LogP) is 3.84. The van der Waals surface area contributed by atoms with Crippen molar-refractivity contribution in [1.29, 1.82) is 0 Å². The van der Waals surface area contributed by atoms with Gasteiger partial charge in [0.1, 0.15) is 10.1 Å². The quantitative estimate of drug-likeness (QED) is 0.172. The number of aromatic nitrogens is 1. The average Bonchev–Trinajstić information content (AvgIpc) is 3.43. The first-order valence-corrected chi connectivity index (χ1v) is 11.0. The van der Waals surface area contributed by atoms with Gasteiger partial charge in [-0.3, -0.25) is 9.89 Å². The van der Waals surface area contributed by atoms with Crippen LogP contribution in [0, 0.1) is 0 Å². The minimum Gasteiger partial charge on any atom is -0.468 e. The molecule has 0 amide bonds. The van der Waals surface area contributed by atoms with Crippen molar-refractivity contribution in [3.05, 3.63) is 35.7 Å². The summed E-state index contributed by atoms with van der Waals surface area (Å²) in [5.41, 5.74) is 0. The summed E-state index contributed by atoms with van der Waals surface area (Å²) in [4.78, 5) is 11.1. The smallest absolute Gasteiger partial charge is 0.191 e. The number of thioether (sulfide) groups is 1. The molecule has 1 atom stereocenters. The van der Waals surface area contributed by atoms with E-state index in [1.165, 1.54) is 12.8 Å². The maximum atomic E-state index is 5.67. The van der Waals surface area contributed by atoms with E-state index in [0.717, 1.165) is 54.4 Å². The molecule has 0 radical (unpaired) electrons. The highest BCUT2D eigenvalue weighted by Gasteiger charge is 2.25. The van der Waals surface area contributed by atoms with E-state index in [1.54, 1.807) is 17.6 Å². The molecule has 1 aliphatic rings. The number of guanidine groups is 1. The summed E-state index contributed by atoms with van der Waals surface area (Å²) < 4.78 is 6.81. The van der Waals surface area contributed by atoms with Crippen LogP contribution in [0.25, 0.3) is 0 Å². The first-order chi connectivity index (χ1) is 12.9. The van der Waals surface area contributed by atoms with Crippen LogP contribution in [0.1, 0.15) is 31.1 Å². The van der Waals surface area contributed by atoms with Crippen LogP contribution in [0.5, 0.6) is 0 Å². The third-order valence-corrected chi connectivity index (χ3v) is 6.44. The zero-order valence-electron chi connectivity index (χ0n) is 15.6. The Hall–Kier alpha value is -0.780. The molecule has 1 saturated heterocycles. The normalized spacial score (nSPS) is 16.1. The summed E-state index contributed by atoms with van der Waals surface area (Å²) in [6.07, 6.45) is 7.21. The van der Waals surface area contributed by atoms with E-state index in [4.69, 9.17) is 4.42 Å². The largest absolute Gasteiger partial charge is 0.468 e. The van der Waals surface area contributed by atoms with E-state index in [9.17, 15) is 0 Å². The van der Waals surface area contributed by atoms with Crippen molar-refractivity contribution in [2.24, 2.45) is 4.99 Å². The molecule has 0 saturated carbocycles. The van der Waals surface area contributed by atoms with Gasteiger partial charge < -0.3 is 15.1 Å². The van der Waals surface area contributed by atoms with Gasteiger partial charge in [-0.1, -0.05) is 11.8 Å². The third kappa shape index (κ3) is 7.28. The third-order valence-electron chi connectivity index (χ3n) is 4.39. The van der Waals surface area contributed by atoms with Crippen molar-refractivity contribution in [2.45, 2.75) is 29.6 Å². The van der Waals surface area contributed by atoms with Gasteiger partial charge in [-0.2, -0.15) is 0 Å². The van der Waals surface area contributed by atoms with Crippen LogP contribution in [0.3, 0.4) is 0 Å². The summed E-state index contributed by atoms with van der Waals surface area (Å²) in [5, 5.41) is 8.88. The highest BCUT2D eigenvalue weighted by Crippen LogP contribution is 2.24. The van der Waals surface area contributed by atoms with Gasteiger partial charge in [-0.05, 0) is 44.5 Å². The van der Waals surface area contributed by atoms with Crippen LogP contribution in [0.4, 0.5) is 0 Å². The fraction of sp³-hybridized carbons (Fsp3) is 0.556. The van der Waals surface area contributed by atoms with Crippen molar-refractivity contribution in [3.63, 3.8) is 0 Å². The lowest BCUT2D eigenvalue weighted by Crippen LogP contribution is -2.42. The number of likely N-dealkylation sites (tertiary alicyclic amines) is 1. The molecule has 27 heavy (non-hydrogen) atoms. The zero-order valence-corrected chi connectivity index (χ0v) is 19.6. The standard InChI is InChI=1S/C18H27N5OS2.HI/c1-19-17(20-7-5-12-25-18-21-8-13-26-18)22-14-15(16-6-4-11-24-16)23-9-2-3-10-23;/h4,6,8,11,13,15H,2-3,5,7,9-10,12,14H2,1H3,(H2,19,20,22);1H. The molecule has 3 heterocycles. The molecule has 1 unspecified atom stereocenters. The summed E-state index contributed by atoms with van der Waals surface area (Å²) in [7, 11) is 1.82. The van der Waals surface area contributed by atoms with Crippen LogP contribution in [0.2, 0.25) is 0 Å². The highest BCUT2D eigenvalue weighted by molar-refractivity contribution is 14.0. The Labute approximate surface area is 186 Å². The van der Waals surface area contributed by atoms with Crippen molar-refractivity contribution in [3.8, 4) is 0 Å². The van der Waals surface area contributed by atoms with Crippen LogP contribution in [0.15, 0.2) is 43.7 Å². The fourth-order valence-corrected chi connectivity index (χ4v) is 4.73. The molecule has 9 heteroatoms. The predicted molar refractivity (Wildman–Crippen MR) is 124 cm³/mol. The summed E-state index contributed by atoms with van der Waals surface area (Å²) >= 11 is 3.50. The Kier molecular flexibility index (Phi) is 10.5. The minimum absolute atomic E-state index is 0. The van der Waals surface area contributed by atoms with Crippen LogP contribution >= 0.6 is 47.1 Å². The average molecular weight is 521 g/mol. The lowest BCUT2D eigenvalue weighted by molar-refractivity contribution is 0.215. The second-order valence-electron chi connectivity index (χ2n) is 6.15. The Morgan fingerprint density at radius 3 is 2.93 bits per heavy atom. The van der Waals surface area contributed by atoms with Gasteiger partial charge in [-0.15, -0.1) is 35.3 Å². The minimum atomic E-state index is 0. The number of aliphatic imine (C=N–C) groups is 1. The number of nitrogens with one attached hydrogen (secondary N) is 2. The van der Waals surface area contributed by atoms with E-state index in [2.05, 4.69) is 31.6 Å². The fourth-order valence-electron chi connectivity index (χ4n) is 3.08. The monoisotopic (exact) mass is 521 g/mol. The van der Waals surface area contributed by atoms with Gasteiger partial charge in [0.15, 0.2) is 5.96 Å². The molecule has 2 N–H and O–H groups in total. The molecule has 3 rings (SSSR count). The molecule has 1 aliphatic heterocycles. The van der Waals surface area contributed by atoms with Crippen LogP contribution in [-0.4, -0.2) is 54.8 Å². The van der Waals surface area contributed by atoms with Gasteiger partial charge in [-0.25, -0.2) is 4.98 Å². The number of nitrogens with zero attached hydrogens (tertiary/aromatic N) is 3. The van der Waals surface area contributed by atoms with Crippen molar-refractivity contribution < 1.29 is 4.42 Å². The summed E-state index contributed by atoms with van der Waals surface area (Å²) in [6, 6.07) is 4.29. The first-order valence-electron chi connectivity index (χ1n) is 9.11. The summed E-state index contributed by atoms with van der Waals surface area (Å²) in [5.74, 6) is 2.93. The van der Waals surface area contributed by atoms with Gasteiger partial charge in [0.25, 0.3) is 0 Å². The number of furan rings is 1. The topological polar surface area (TPSA) is 65.7 Å². The van der Waals surface area contributed by atoms with E-state index in [1.807, 2.05) is 36.5 Å². The number of hydrogen-bond acceptors (Lipinski definition) is 6. The van der Waals surface area contributed by atoms with Crippen LogP contribution < -0.4 is 10.6 Å². The molecule has 0 bridgehead atoms. The van der Waals surface area contributed by atoms with Crippen LogP contribution in [-0.2, 0) is 0 Å². The first kappa shape index (κ1) is 22.5. The zero-order chi connectivity index (χ0) is 18.0. The maximum absolute atomic E-state index is 5.67. The Morgan fingerprint density at radius 1 is 1.41 bits per heavy atom. The van der Waals surface area contributed by atoms with E-state index in [-0.39, 0.29) is 30.0 Å².